The lowest BCUT2D eigenvalue weighted by Crippen LogP contribution is -2.08. The molecule has 0 aliphatic carbocycles. The van der Waals surface area contributed by atoms with Crippen LogP contribution in [-0.4, -0.2) is 5.91 Å². The standard InChI is InChI=1S/C10H8F3NOS/c11-10(12,13)7-3-1-5-8(9(14)15)16-6-2-4-7/h1-6H,(H2,14,15). The van der Waals surface area contributed by atoms with Crippen molar-refractivity contribution in [2.45, 2.75) is 6.18 Å². The zero-order chi connectivity index (χ0) is 12.2. The molecule has 6 heteroatoms. The van der Waals surface area contributed by atoms with E-state index in [0.717, 1.165) is 29.5 Å². The van der Waals surface area contributed by atoms with Crippen LogP contribution < -0.4 is 5.73 Å². The lowest BCUT2D eigenvalue weighted by molar-refractivity contribution is -0.137. The molecule has 1 amide bonds. The normalized spacial score (nSPS) is 10.7. The molecule has 2 nitrogen and oxygen atoms in total. The first-order chi connectivity index (χ1) is 7.41. The third kappa shape index (κ3) is 3.54. The predicted octanol–water partition coefficient (Wildman–Crippen LogP) is 2.99. The molecular formula is C10H8F3NOS. The Bertz CT molecular complexity index is 438. The molecule has 1 heterocycles. The summed E-state index contributed by atoms with van der Waals surface area (Å²) in [7, 11) is 0. The molecule has 0 unspecified atom stereocenters. The minimum Gasteiger partial charge on any atom is -0.365 e. The minimum absolute atomic E-state index is 0.185. The zero-order valence-electron chi connectivity index (χ0n) is 7.99. The predicted molar refractivity (Wildman–Crippen MR) is 55.5 cm³/mol. The van der Waals surface area contributed by atoms with Gasteiger partial charge in [0.1, 0.15) is 0 Å². The van der Waals surface area contributed by atoms with Crippen LogP contribution >= 0.6 is 11.3 Å². The maximum Gasteiger partial charge on any atom is 0.416 e. The van der Waals surface area contributed by atoms with Crippen molar-refractivity contribution in [3.05, 3.63) is 46.2 Å². The number of amides is 1. The molecule has 86 valence electrons. The third-order valence-electron chi connectivity index (χ3n) is 1.64. The van der Waals surface area contributed by atoms with Crippen molar-refractivity contribution < 1.29 is 18.0 Å². The molecule has 1 aromatic rings. The molecule has 1 rings (SSSR count). The largest absolute Gasteiger partial charge is 0.416 e. The summed E-state index contributed by atoms with van der Waals surface area (Å²) in [5.41, 5.74) is 4.24. The van der Waals surface area contributed by atoms with Crippen molar-refractivity contribution in [2.75, 3.05) is 0 Å². The van der Waals surface area contributed by atoms with Crippen LogP contribution in [0.4, 0.5) is 13.2 Å². The third-order valence-corrected chi connectivity index (χ3v) is 2.53. The van der Waals surface area contributed by atoms with Gasteiger partial charge in [0.2, 0.25) is 0 Å². The summed E-state index contributed by atoms with van der Waals surface area (Å²) >= 11 is 0.974. The van der Waals surface area contributed by atoms with Gasteiger partial charge < -0.3 is 5.73 Å². The maximum absolute atomic E-state index is 12.4. The van der Waals surface area contributed by atoms with E-state index in [4.69, 9.17) is 5.73 Å². The molecule has 16 heavy (non-hydrogen) atoms. The van der Waals surface area contributed by atoms with Crippen LogP contribution in [0.5, 0.6) is 0 Å². The fourth-order valence-corrected chi connectivity index (χ4v) is 1.50. The topological polar surface area (TPSA) is 43.1 Å². The Kier molecular flexibility index (Phi) is 3.89. The van der Waals surface area contributed by atoms with Crippen molar-refractivity contribution in [3.63, 3.8) is 0 Å². The molecule has 0 spiro atoms. The molecule has 2 N–H and O–H groups in total. The summed E-state index contributed by atoms with van der Waals surface area (Å²) in [5, 5.41) is 1.37. The van der Waals surface area contributed by atoms with Crippen LogP contribution in [0, 0.1) is 0 Å². The molecule has 0 atom stereocenters. The van der Waals surface area contributed by atoms with Gasteiger partial charge in [0.25, 0.3) is 5.91 Å². The maximum atomic E-state index is 12.4. The van der Waals surface area contributed by atoms with Crippen molar-refractivity contribution in [3.8, 4) is 0 Å². The van der Waals surface area contributed by atoms with Gasteiger partial charge in [-0.15, -0.1) is 11.3 Å². The lowest BCUT2D eigenvalue weighted by atomic mass is 10.2. The van der Waals surface area contributed by atoms with Crippen LogP contribution in [0.3, 0.4) is 0 Å². The average molecular weight is 247 g/mol. The first-order valence-corrected chi connectivity index (χ1v) is 5.08. The van der Waals surface area contributed by atoms with E-state index < -0.39 is 17.6 Å². The van der Waals surface area contributed by atoms with Gasteiger partial charge in [0.05, 0.1) is 10.4 Å². The van der Waals surface area contributed by atoms with Gasteiger partial charge in [-0.05, 0) is 23.6 Å². The average Bonchev–Trinajstić information content (AvgIpc) is 2.26. The SMILES string of the molecule is NC(=O)c1cccc(C(F)(F)F)cccs1. The van der Waals surface area contributed by atoms with Gasteiger partial charge >= 0.3 is 6.18 Å². The van der Waals surface area contributed by atoms with E-state index >= 15 is 0 Å². The van der Waals surface area contributed by atoms with Crippen molar-refractivity contribution in [1.29, 1.82) is 0 Å². The van der Waals surface area contributed by atoms with Crippen LogP contribution in [-0.2, 0) is 6.18 Å². The molecule has 1 aromatic heterocycles. The first-order valence-electron chi connectivity index (χ1n) is 4.20. The Hall–Kier alpha value is -1.56. The van der Waals surface area contributed by atoms with Crippen LogP contribution in [0.1, 0.15) is 15.2 Å². The summed E-state index contributed by atoms with van der Waals surface area (Å²) in [5.74, 6) is -0.672. The van der Waals surface area contributed by atoms with Gasteiger partial charge in [-0.1, -0.05) is 12.1 Å². The number of rotatable bonds is 1. The number of primary amides is 1. The molecule has 0 saturated carbocycles. The van der Waals surface area contributed by atoms with E-state index in [9.17, 15) is 18.0 Å². The minimum atomic E-state index is -4.41. The van der Waals surface area contributed by atoms with Crippen LogP contribution in [0.25, 0.3) is 0 Å². The summed E-state index contributed by atoms with van der Waals surface area (Å²) in [6.07, 6.45) is -4.41. The van der Waals surface area contributed by atoms with E-state index in [-0.39, 0.29) is 4.88 Å². The van der Waals surface area contributed by atoms with Crippen molar-refractivity contribution >= 4 is 17.2 Å². The van der Waals surface area contributed by atoms with E-state index in [2.05, 4.69) is 0 Å². The van der Waals surface area contributed by atoms with Gasteiger partial charge in [0, 0.05) is 0 Å². The van der Waals surface area contributed by atoms with E-state index in [0.29, 0.717) is 0 Å². The highest BCUT2D eigenvalue weighted by molar-refractivity contribution is 7.11. The highest BCUT2D eigenvalue weighted by Gasteiger charge is 2.29. The molecule has 0 aliphatic heterocycles. The Morgan fingerprint density at radius 3 is 2.38 bits per heavy atom. The monoisotopic (exact) mass is 247 g/mol. The fraction of sp³-hybridized carbons (Fsp3) is 0.100. The summed E-state index contributed by atoms with van der Waals surface area (Å²) < 4.78 is 37.1. The molecular weight excluding hydrogens is 239 g/mol. The van der Waals surface area contributed by atoms with Crippen molar-refractivity contribution in [1.82, 2.24) is 0 Å². The number of alkyl halides is 3. The van der Waals surface area contributed by atoms with Gasteiger partial charge in [-0.3, -0.25) is 4.79 Å². The Morgan fingerprint density at radius 1 is 1.19 bits per heavy atom. The number of nitrogens with two attached hydrogens (primary N) is 1. The second kappa shape index (κ2) is 4.98. The molecule has 0 fully saturated rings. The van der Waals surface area contributed by atoms with E-state index in [1.165, 1.54) is 17.5 Å². The van der Waals surface area contributed by atoms with E-state index in [1.54, 1.807) is 0 Å². The Balaban J connectivity index is 3.29. The highest BCUT2D eigenvalue weighted by atomic mass is 32.1. The number of carbonyl (C=O) groups is 1. The number of carbonyl (C=O) groups excluding carboxylic acids is 1. The molecule has 0 radical (unpaired) electrons. The van der Waals surface area contributed by atoms with Crippen LogP contribution in [0.2, 0.25) is 0 Å². The van der Waals surface area contributed by atoms with Crippen LogP contribution in [0.15, 0.2) is 35.7 Å². The molecule has 0 bridgehead atoms. The second-order valence-corrected chi connectivity index (χ2v) is 3.77. The summed E-state index contributed by atoms with van der Waals surface area (Å²) in [6, 6.07) is 5.45. The smallest absolute Gasteiger partial charge is 0.365 e. The van der Waals surface area contributed by atoms with Gasteiger partial charge in [-0.25, -0.2) is 0 Å². The summed E-state index contributed by atoms with van der Waals surface area (Å²) in [6.45, 7) is 0. The first kappa shape index (κ1) is 12.5. The quantitative estimate of drug-likeness (QED) is 0.814. The number of hydrogen-bond donors (Lipinski definition) is 1. The lowest BCUT2D eigenvalue weighted by Gasteiger charge is -2.02. The second-order valence-electron chi connectivity index (χ2n) is 2.82. The molecule has 0 saturated heterocycles. The molecule has 0 aromatic carbocycles. The zero-order valence-corrected chi connectivity index (χ0v) is 8.81. The Morgan fingerprint density at radius 2 is 1.81 bits per heavy atom. The van der Waals surface area contributed by atoms with E-state index in [1.807, 2.05) is 0 Å². The number of hydrogen-bond acceptors (Lipinski definition) is 2. The van der Waals surface area contributed by atoms with Gasteiger partial charge in [0.15, 0.2) is 0 Å². The van der Waals surface area contributed by atoms with Gasteiger partial charge in [-0.2, -0.15) is 13.2 Å². The Labute approximate surface area is 93.8 Å². The molecule has 0 aliphatic rings. The number of halogens is 3. The summed E-state index contributed by atoms with van der Waals surface area (Å²) in [4.78, 5) is 11.0. The highest BCUT2D eigenvalue weighted by Crippen LogP contribution is 2.27. The van der Waals surface area contributed by atoms with Crippen molar-refractivity contribution in [2.24, 2.45) is 5.73 Å². The fourth-order valence-electron chi connectivity index (χ4n) is 0.919.